The Bertz CT molecular complexity index is 4380. The summed E-state index contributed by atoms with van der Waals surface area (Å²) in [6.07, 6.45) is 0. The van der Waals surface area contributed by atoms with Crippen LogP contribution in [-0.2, 0) is 5.41 Å². The van der Waals surface area contributed by atoms with Gasteiger partial charge in [-0.15, -0.1) is 0 Å². The zero-order chi connectivity index (χ0) is 47.1. The van der Waals surface area contributed by atoms with Gasteiger partial charge in [0.25, 0.3) is 0 Å². The van der Waals surface area contributed by atoms with Crippen molar-refractivity contribution in [1.82, 2.24) is 0 Å². The molecule has 0 aliphatic heterocycles. The number of benzene rings is 14. The summed E-state index contributed by atoms with van der Waals surface area (Å²) in [6, 6.07) is 98.5. The van der Waals surface area contributed by atoms with E-state index in [4.69, 9.17) is 0 Å². The Balaban J connectivity index is 1.07. The highest BCUT2D eigenvalue weighted by atomic mass is 15.1. The van der Waals surface area contributed by atoms with Gasteiger partial charge in [-0.2, -0.15) is 0 Å². The summed E-state index contributed by atoms with van der Waals surface area (Å²) in [7, 11) is 0. The smallest absolute Gasteiger partial charge is 0.0726 e. The lowest BCUT2D eigenvalue weighted by atomic mass is 9.70. The molecule has 14 aromatic rings. The zero-order valence-corrected chi connectivity index (χ0v) is 39.3. The van der Waals surface area contributed by atoms with Crippen molar-refractivity contribution < 1.29 is 0 Å². The summed E-state index contributed by atoms with van der Waals surface area (Å²) < 4.78 is 0. The topological polar surface area (TPSA) is 3.24 Å². The number of nitrogens with zero attached hydrogens (tertiary/aromatic N) is 1. The quantitative estimate of drug-likeness (QED) is 0.159. The van der Waals surface area contributed by atoms with Crippen LogP contribution in [0.3, 0.4) is 0 Å². The molecule has 2 aliphatic rings. The van der Waals surface area contributed by atoms with Crippen molar-refractivity contribution in [2.75, 3.05) is 4.90 Å². The molecule has 2 aliphatic carbocycles. The van der Waals surface area contributed by atoms with Gasteiger partial charge in [0.05, 0.1) is 11.1 Å². The Morgan fingerprint density at radius 2 is 0.597 bits per heavy atom. The summed E-state index contributed by atoms with van der Waals surface area (Å²) in [5.41, 5.74) is 15.6. The minimum absolute atomic E-state index is 0.529. The summed E-state index contributed by atoms with van der Waals surface area (Å²) in [5.74, 6) is 0. The molecular formula is C71H43N. The van der Waals surface area contributed by atoms with Crippen LogP contribution in [0.25, 0.3) is 109 Å². The molecule has 0 unspecified atom stereocenters. The monoisotopic (exact) mass is 909 g/mol. The molecule has 0 amide bonds. The second kappa shape index (κ2) is 14.9. The minimum atomic E-state index is -0.529. The van der Waals surface area contributed by atoms with Crippen molar-refractivity contribution in [2.24, 2.45) is 0 Å². The van der Waals surface area contributed by atoms with Gasteiger partial charge in [0.1, 0.15) is 0 Å². The maximum Gasteiger partial charge on any atom is 0.0726 e. The summed E-state index contributed by atoms with van der Waals surface area (Å²) >= 11 is 0. The molecule has 0 saturated heterocycles. The lowest BCUT2D eigenvalue weighted by molar-refractivity contribution is 0.794. The van der Waals surface area contributed by atoms with Crippen molar-refractivity contribution in [3.8, 4) is 33.4 Å². The molecule has 1 spiro atoms. The van der Waals surface area contributed by atoms with E-state index in [2.05, 4.69) is 266 Å². The molecule has 0 atom stereocenters. The van der Waals surface area contributed by atoms with E-state index in [1.54, 1.807) is 0 Å². The number of hydrogen-bond donors (Lipinski definition) is 0. The lowest BCUT2D eigenvalue weighted by Crippen LogP contribution is -2.26. The SMILES string of the molecule is c1ccc2c(c1)-c1ccccc1C21c2ccccc2-c2cc(-c3ccc4ccccc4c3)c(N(c3ccc4c5ccccc5c5ccccc5c4c3)c3ccc4c5ccccc5c5ccccc5c4c3)cc21. The van der Waals surface area contributed by atoms with E-state index in [1.807, 2.05) is 0 Å². The van der Waals surface area contributed by atoms with Gasteiger partial charge in [0.2, 0.25) is 0 Å². The molecule has 0 radical (unpaired) electrons. The third kappa shape index (κ3) is 5.32. The van der Waals surface area contributed by atoms with Crippen LogP contribution in [-0.4, -0.2) is 0 Å². The molecule has 0 N–H and O–H groups in total. The molecular weight excluding hydrogens is 867 g/mol. The van der Waals surface area contributed by atoms with E-state index in [0.29, 0.717) is 0 Å². The number of hydrogen-bond acceptors (Lipinski definition) is 1. The fraction of sp³-hybridized carbons (Fsp3) is 0.0141. The zero-order valence-electron chi connectivity index (χ0n) is 39.3. The minimum Gasteiger partial charge on any atom is -0.310 e. The normalized spacial score (nSPS) is 13.1. The third-order valence-corrected chi connectivity index (χ3v) is 16.4. The first-order valence-corrected chi connectivity index (χ1v) is 25.2. The standard InChI is InChI=1S/C71H43N/c1-2-18-45-39-46(34-33-44(45)17-1)62-42-65-61-29-13-16-32-68(61)71(66-30-14-11-27-59(66)60-28-12-15-31-67(60)71)69(65)43-70(62)72(47-35-37-57-53-23-5-3-19-49(53)51-21-7-9-25-55(51)63(57)40-47)48-36-38-58-54-24-6-4-20-50(54)52-22-8-10-26-56(52)64(58)41-48/h1-43H. The number of anilines is 3. The first-order chi connectivity index (χ1) is 35.7. The predicted molar refractivity (Wildman–Crippen MR) is 305 cm³/mol. The maximum atomic E-state index is 2.59. The molecule has 332 valence electrons. The second-order valence-electron chi connectivity index (χ2n) is 19.8. The second-order valence-corrected chi connectivity index (χ2v) is 19.8. The predicted octanol–water partition coefficient (Wildman–Crippen LogP) is 19.2. The maximum absolute atomic E-state index is 2.59. The van der Waals surface area contributed by atoms with Crippen molar-refractivity contribution in [3.05, 3.63) is 283 Å². The third-order valence-electron chi connectivity index (χ3n) is 16.4. The molecule has 72 heavy (non-hydrogen) atoms. The average Bonchev–Trinajstić information content (AvgIpc) is 3.92. The van der Waals surface area contributed by atoms with Gasteiger partial charge in [0.15, 0.2) is 0 Å². The van der Waals surface area contributed by atoms with Crippen LogP contribution in [0, 0.1) is 0 Å². The fourth-order valence-corrected chi connectivity index (χ4v) is 13.4. The van der Waals surface area contributed by atoms with Gasteiger partial charge in [-0.1, -0.05) is 218 Å². The van der Waals surface area contributed by atoms with Gasteiger partial charge < -0.3 is 4.90 Å². The van der Waals surface area contributed by atoms with E-state index in [-0.39, 0.29) is 0 Å². The molecule has 1 heteroatoms. The van der Waals surface area contributed by atoms with Gasteiger partial charge in [-0.3, -0.25) is 0 Å². The van der Waals surface area contributed by atoms with E-state index in [0.717, 1.165) is 17.1 Å². The highest BCUT2D eigenvalue weighted by molar-refractivity contribution is 6.27. The Kier molecular flexibility index (Phi) is 8.16. The van der Waals surface area contributed by atoms with Crippen LogP contribution in [0.15, 0.2) is 261 Å². The van der Waals surface area contributed by atoms with Crippen LogP contribution in [0.2, 0.25) is 0 Å². The summed E-state index contributed by atoms with van der Waals surface area (Å²) in [4.78, 5) is 2.58. The van der Waals surface area contributed by atoms with Crippen LogP contribution in [0.4, 0.5) is 17.1 Å². The first-order valence-electron chi connectivity index (χ1n) is 25.2. The number of rotatable bonds is 4. The van der Waals surface area contributed by atoms with E-state index < -0.39 is 5.41 Å². The molecule has 1 nitrogen and oxygen atoms in total. The molecule has 0 saturated carbocycles. The van der Waals surface area contributed by atoms with Crippen molar-refractivity contribution in [3.63, 3.8) is 0 Å². The summed E-state index contributed by atoms with van der Waals surface area (Å²) in [6.45, 7) is 0. The van der Waals surface area contributed by atoms with E-state index >= 15 is 0 Å². The Morgan fingerprint density at radius 3 is 1.07 bits per heavy atom. The molecule has 0 bridgehead atoms. The van der Waals surface area contributed by atoms with Crippen LogP contribution >= 0.6 is 0 Å². The molecule has 14 aromatic carbocycles. The highest BCUT2D eigenvalue weighted by Crippen LogP contribution is 2.64. The van der Waals surface area contributed by atoms with Gasteiger partial charge in [0, 0.05) is 16.9 Å². The van der Waals surface area contributed by atoms with E-state index in [9.17, 15) is 0 Å². The largest absolute Gasteiger partial charge is 0.310 e. The lowest BCUT2D eigenvalue weighted by Gasteiger charge is -2.33. The Labute approximate surface area is 417 Å². The van der Waals surface area contributed by atoms with Crippen molar-refractivity contribution in [1.29, 1.82) is 0 Å². The molecule has 0 heterocycles. The van der Waals surface area contributed by atoms with Crippen molar-refractivity contribution in [2.45, 2.75) is 5.41 Å². The Morgan fingerprint density at radius 1 is 0.222 bits per heavy atom. The Hall–Kier alpha value is -9.30. The fourth-order valence-electron chi connectivity index (χ4n) is 13.4. The van der Waals surface area contributed by atoms with Crippen LogP contribution < -0.4 is 4.90 Å². The first kappa shape index (κ1) is 39.5. The number of fused-ring (bicyclic) bond motifs is 23. The average molecular weight is 910 g/mol. The van der Waals surface area contributed by atoms with Gasteiger partial charge in [-0.25, -0.2) is 0 Å². The van der Waals surface area contributed by atoms with Crippen LogP contribution in [0.5, 0.6) is 0 Å². The van der Waals surface area contributed by atoms with Gasteiger partial charge >= 0.3 is 0 Å². The molecule has 0 fully saturated rings. The molecule has 0 aromatic heterocycles. The summed E-state index contributed by atoms with van der Waals surface area (Å²) in [5, 5.41) is 17.5. The van der Waals surface area contributed by atoms with Crippen LogP contribution in [0.1, 0.15) is 22.3 Å². The van der Waals surface area contributed by atoms with E-state index in [1.165, 1.54) is 131 Å². The van der Waals surface area contributed by atoms with Crippen molar-refractivity contribution >= 4 is 92.5 Å². The highest BCUT2D eigenvalue weighted by Gasteiger charge is 2.52. The van der Waals surface area contributed by atoms with Gasteiger partial charge in [-0.05, 0) is 168 Å². The molecule has 16 rings (SSSR count).